The van der Waals surface area contributed by atoms with Crippen LogP contribution in [0.1, 0.15) is 54.9 Å². The molecule has 0 bridgehead atoms. The number of carbonyl (C=O) groups is 1. The molecular weight excluding hydrogens is 469 g/mol. The molecule has 1 atom stereocenters. The number of hydrazone groups is 1. The van der Waals surface area contributed by atoms with Gasteiger partial charge in [-0.2, -0.15) is 9.78 Å². The van der Waals surface area contributed by atoms with E-state index in [1.165, 1.54) is 11.1 Å². The number of hydrogen-bond donors (Lipinski definition) is 2. The topological polar surface area (TPSA) is 140 Å². The van der Waals surface area contributed by atoms with Crippen molar-refractivity contribution in [1.29, 1.82) is 0 Å². The van der Waals surface area contributed by atoms with Gasteiger partial charge in [0.1, 0.15) is 0 Å². The third-order valence-corrected chi connectivity index (χ3v) is 5.77. The molecule has 3 aromatic rings. The Morgan fingerprint density at radius 1 is 1.36 bits per heavy atom. The van der Waals surface area contributed by atoms with Crippen LogP contribution in [0, 0.1) is 0 Å². The van der Waals surface area contributed by atoms with E-state index in [0.717, 1.165) is 24.9 Å². The SMILES string of the molecule is C/C(=N/NC(=O)c1nnn(-c2nonc2N)c1CN1CCCCC1C)c1cccc(Cl)c1.Cl. The minimum atomic E-state index is -0.493. The zero-order valence-corrected chi connectivity index (χ0v) is 19.8. The van der Waals surface area contributed by atoms with E-state index in [1.54, 1.807) is 19.1 Å². The average Bonchev–Trinajstić information content (AvgIpc) is 3.39. The van der Waals surface area contributed by atoms with E-state index < -0.39 is 5.91 Å². The second-order valence-corrected chi connectivity index (χ2v) is 8.17. The number of carbonyl (C=O) groups excluding carboxylic acids is 1. The summed E-state index contributed by atoms with van der Waals surface area (Å²) in [6.07, 6.45) is 3.35. The van der Waals surface area contributed by atoms with E-state index in [0.29, 0.717) is 29.0 Å². The lowest BCUT2D eigenvalue weighted by atomic mass is 10.0. The quantitative estimate of drug-likeness (QED) is 0.394. The number of nitrogens with zero attached hydrogens (tertiary/aromatic N) is 7. The first-order chi connectivity index (χ1) is 15.4. The van der Waals surface area contributed by atoms with E-state index in [1.807, 2.05) is 12.1 Å². The maximum absolute atomic E-state index is 13.0. The van der Waals surface area contributed by atoms with Crippen LogP contribution in [0.25, 0.3) is 5.82 Å². The average molecular weight is 494 g/mol. The maximum Gasteiger partial charge on any atom is 0.293 e. The normalized spacial score (nSPS) is 16.9. The van der Waals surface area contributed by atoms with Crippen molar-refractivity contribution in [2.24, 2.45) is 5.10 Å². The van der Waals surface area contributed by atoms with Crippen molar-refractivity contribution in [3.05, 3.63) is 46.2 Å². The Morgan fingerprint density at radius 2 is 2.18 bits per heavy atom. The van der Waals surface area contributed by atoms with Gasteiger partial charge in [-0.1, -0.05) is 35.4 Å². The number of halogens is 2. The summed E-state index contributed by atoms with van der Waals surface area (Å²) in [4.78, 5) is 15.3. The molecule has 4 rings (SSSR count). The molecule has 0 saturated carbocycles. The van der Waals surface area contributed by atoms with Crippen LogP contribution in [0.3, 0.4) is 0 Å². The fourth-order valence-electron chi connectivity index (χ4n) is 3.68. The molecule has 3 heterocycles. The van der Waals surface area contributed by atoms with Crippen LogP contribution in [-0.4, -0.2) is 54.4 Å². The molecule has 11 nitrogen and oxygen atoms in total. The van der Waals surface area contributed by atoms with Gasteiger partial charge in [0.05, 0.1) is 11.4 Å². The van der Waals surface area contributed by atoms with Crippen LogP contribution in [-0.2, 0) is 6.54 Å². The van der Waals surface area contributed by atoms with E-state index in [9.17, 15) is 4.79 Å². The van der Waals surface area contributed by atoms with Crippen molar-refractivity contribution in [2.75, 3.05) is 12.3 Å². The van der Waals surface area contributed by atoms with Crippen LogP contribution in [0.4, 0.5) is 5.82 Å². The first-order valence-corrected chi connectivity index (χ1v) is 10.7. The molecule has 0 radical (unpaired) electrons. The van der Waals surface area contributed by atoms with Crippen LogP contribution in [0.2, 0.25) is 5.02 Å². The van der Waals surface area contributed by atoms with E-state index in [-0.39, 0.29) is 29.7 Å². The summed E-state index contributed by atoms with van der Waals surface area (Å²) in [5.41, 5.74) is 10.5. The second-order valence-electron chi connectivity index (χ2n) is 7.73. The predicted octanol–water partition coefficient (Wildman–Crippen LogP) is 2.84. The molecule has 1 aromatic carbocycles. The summed E-state index contributed by atoms with van der Waals surface area (Å²) in [5, 5.41) is 20.4. The van der Waals surface area contributed by atoms with Gasteiger partial charge in [-0.05, 0) is 61.2 Å². The molecule has 1 unspecified atom stereocenters. The Labute approximate surface area is 201 Å². The lowest BCUT2D eigenvalue weighted by Crippen LogP contribution is -2.38. The van der Waals surface area contributed by atoms with Crippen molar-refractivity contribution >= 4 is 41.4 Å². The zero-order chi connectivity index (χ0) is 22.7. The zero-order valence-electron chi connectivity index (χ0n) is 18.2. The molecule has 13 heteroatoms. The summed E-state index contributed by atoms with van der Waals surface area (Å²) in [7, 11) is 0. The van der Waals surface area contributed by atoms with Crippen LogP contribution in [0.5, 0.6) is 0 Å². The molecular formula is C20H25Cl2N9O2. The highest BCUT2D eigenvalue weighted by atomic mass is 35.5. The number of likely N-dealkylation sites (tertiary alicyclic amines) is 1. The van der Waals surface area contributed by atoms with Crippen molar-refractivity contribution < 1.29 is 9.42 Å². The molecule has 1 fully saturated rings. The molecule has 176 valence electrons. The van der Waals surface area contributed by atoms with E-state index in [2.05, 4.69) is 43.0 Å². The minimum absolute atomic E-state index is 0. The van der Waals surface area contributed by atoms with Gasteiger partial charge >= 0.3 is 0 Å². The lowest BCUT2D eigenvalue weighted by Gasteiger charge is -2.33. The van der Waals surface area contributed by atoms with Crippen molar-refractivity contribution in [1.82, 2.24) is 35.6 Å². The number of benzene rings is 1. The standard InChI is InChI=1S/C20H24ClN9O2.ClH/c1-12-6-3-4-9-29(12)11-16-17(24-28-30(16)19-18(22)26-32-27-19)20(31)25-23-13(2)14-7-5-8-15(21)10-14;/h5,7-8,10,12H,3-4,6,9,11H2,1-2H3,(H2,22,26)(H,25,31);1H/b23-13-;. The fraction of sp³-hybridized carbons (Fsp3) is 0.400. The maximum atomic E-state index is 13.0. The third-order valence-electron chi connectivity index (χ3n) is 5.54. The summed E-state index contributed by atoms with van der Waals surface area (Å²) in [5.74, 6) is -0.244. The number of hydrogen-bond acceptors (Lipinski definition) is 9. The van der Waals surface area contributed by atoms with Gasteiger partial charge in [0.15, 0.2) is 5.69 Å². The van der Waals surface area contributed by atoms with E-state index in [4.69, 9.17) is 22.0 Å². The van der Waals surface area contributed by atoms with Gasteiger partial charge in [-0.3, -0.25) is 9.69 Å². The van der Waals surface area contributed by atoms with Gasteiger partial charge < -0.3 is 5.73 Å². The summed E-state index contributed by atoms with van der Waals surface area (Å²) < 4.78 is 6.11. The molecule has 1 aliphatic rings. The highest BCUT2D eigenvalue weighted by Crippen LogP contribution is 2.22. The van der Waals surface area contributed by atoms with Crippen LogP contribution < -0.4 is 11.2 Å². The molecule has 0 aliphatic carbocycles. The predicted molar refractivity (Wildman–Crippen MR) is 126 cm³/mol. The smallest absolute Gasteiger partial charge is 0.293 e. The number of nitrogen functional groups attached to an aromatic ring is 1. The number of nitrogens with one attached hydrogen (secondary N) is 1. The highest BCUT2D eigenvalue weighted by Gasteiger charge is 2.28. The van der Waals surface area contributed by atoms with Gasteiger partial charge in [0.2, 0.25) is 11.6 Å². The molecule has 1 aliphatic heterocycles. The lowest BCUT2D eigenvalue weighted by molar-refractivity contribution is 0.0944. The number of rotatable bonds is 6. The number of aromatic nitrogens is 5. The van der Waals surface area contributed by atoms with Gasteiger partial charge in [-0.25, -0.2) is 10.1 Å². The van der Waals surface area contributed by atoms with Crippen LogP contribution in [0.15, 0.2) is 34.0 Å². The minimum Gasteiger partial charge on any atom is -0.378 e. The number of anilines is 1. The first-order valence-electron chi connectivity index (χ1n) is 10.3. The summed E-state index contributed by atoms with van der Waals surface area (Å²) in [6, 6.07) is 7.58. The van der Waals surface area contributed by atoms with Crippen LogP contribution >= 0.6 is 24.0 Å². The Morgan fingerprint density at radius 3 is 2.88 bits per heavy atom. The van der Waals surface area contributed by atoms with Crippen molar-refractivity contribution in [2.45, 2.75) is 45.7 Å². The molecule has 1 saturated heterocycles. The third kappa shape index (κ3) is 5.49. The summed E-state index contributed by atoms with van der Waals surface area (Å²) >= 11 is 6.04. The van der Waals surface area contributed by atoms with Gasteiger partial charge in [0.25, 0.3) is 5.91 Å². The molecule has 3 N–H and O–H groups in total. The number of amides is 1. The van der Waals surface area contributed by atoms with Gasteiger partial charge in [0, 0.05) is 17.6 Å². The number of nitrogens with two attached hydrogens (primary N) is 1. The first kappa shape index (κ1) is 24.6. The molecule has 1 amide bonds. The molecule has 33 heavy (non-hydrogen) atoms. The number of piperidine rings is 1. The van der Waals surface area contributed by atoms with Crippen molar-refractivity contribution in [3.8, 4) is 5.82 Å². The molecule has 2 aromatic heterocycles. The second kappa shape index (κ2) is 10.7. The monoisotopic (exact) mass is 493 g/mol. The Balaban J connectivity index is 0.00000306. The van der Waals surface area contributed by atoms with E-state index >= 15 is 0 Å². The van der Waals surface area contributed by atoms with Gasteiger partial charge in [-0.15, -0.1) is 17.5 Å². The van der Waals surface area contributed by atoms with Crippen molar-refractivity contribution in [3.63, 3.8) is 0 Å². The Kier molecular flexibility index (Phi) is 8.01. The molecule has 0 spiro atoms. The highest BCUT2D eigenvalue weighted by molar-refractivity contribution is 6.31. The summed E-state index contributed by atoms with van der Waals surface area (Å²) in [6.45, 7) is 5.30. The Bertz CT molecular complexity index is 1140. The fourth-order valence-corrected chi connectivity index (χ4v) is 3.87. The largest absolute Gasteiger partial charge is 0.378 e. The Hall–Kier alpha value is -3.02.